The Morgan fingerprint density at radius 1 is 1.46 bits per heavy atom. The highest BCUT2D eigenvalue weighted by Gasteiger charge is 2.06. The van der Waals surface area contributed by atoms with Crippen LogP contribution in [0, 0.1) is 0 Å². The minimum absolute atomic E-state index is 0.599. The summed E-state index contributed by atoms with van der Waals surface area (Å²) in [6.45, 7) is 4.42. The number of hydrogen-bond acceptors (Lipinski definition) is 1. The molecule has 1 atom stereocenters. The fourth-order valence-electron chi connectivity index (χ4n) is 1.22. The maximum Gasteiger partial charge on any atom is 0.133 e. The Kier molecular flexibility index (Phi) is 3.79. The van der Waals surface area contributed by atoms with Crippen molar-refractivity contribution in [3.63, 3.8) is 0 Å². The Balaban J connectivity index is 2.99. The molecule has 0 aliphatic rings. The second-order valence-electron chi connectivity index (χ2n) is 3.20. The molecule has 1 aromatic carbocycles. The molecule has 0 N–H and O–H groups in total. The summed E-state index contributed by atoms with van der Waals surface area (Å²) in [5.74, 6) is 1.51. The molecule has 0 saturated heterocycles. The predicted octanol–water partition coefficient (Wildman–Crippen LogP) is 3.97. The number of ether oxygens (including phenoxy) is 1. The summed E-state index contributed by atoms with van der Waals surface area (Å²) in [5.41, 5.74) is 1.34. The maximum absolute atomic E-state index is 5.23. The van der Waals surface area contributed by atoms with Crippen molar-refractivity contribution >= 4 is 15.9 Å². The van der Waals surface area contributed by atoms with Gasteiger partial charge in [-0.1, -0.05) is 19.9 Å². The standard InChI is InChI=1S/C11H15BrO/c1-4-8(2)9-5-6-10(12)11(7-9)13-3/h5-8H,4H2,1-3H3. The average Bonchev–Trinajstić information content (AvgIpc) is 2.17. The molecule has 0 fully saturated rings. The molecule has 1 unspecified atom stereocenters. The predicted molar refractivity (Wildman–Crippen MR) is 59.4 cm³/mol. The Morgan fingerprint density at radius 2 is 2.15 bits per heavy atom. The number of methoxy groups -OCH3 is 1. The van der Waals surface area contributed by atoms with Gasteiger partial charge < -0.3 is 4.74 Å². The third-order valence-corrected chi connectivity index (χ3v) is 3.01. The summed E-state index contributed by atoms with van der Waals surface area (Å²) in [5, 5.41) is 0. The molecule has 0 radical (unpaired) electrons. The minimum Gasteiger partial charge on any atom is -0.496 e. The van der Waals surface area contributed by atoms with Crippen LogP contribution in [0.4, 0.5) is 0 Å². The van der Waals surface area contributed by atoms with Crippen molar-refractivity contribution in [1.29, 1.82) is 0 Å². The zero-order valence-corrected chi connectivity index (χ0v) is 9.89. The monoisotopic (exact) mass is 242 g/mol. The molecule has 0 aliphatic carbocycles. The number of rotatable bonds is 3. The maximum atomic E-state index is 5.23. The van der Waals surface area contributed by atoms with Crippen LogP contribution in [0.5, 0.6) is 5.75 Å². The van der Waals surface area contributed by atoms with Crippen LogP contribution < -0.4 is 4.74 Å². The van der Waals surface area contributed by atoms with Crippen molar-refractivity contribution in [2.24, 2.45) is 0 Å². The molecule has 0 bridgehead atoms. The van der Waals surface area contributed by atoms with E-state index >= 15 is 0 Å². The van der Waals surface area contributed by atoms with E-state index in [-0.39, 0.29) is 0 Å². The Morgan fingerprint density at radius 3 is 2.69 bits per heavy atom. The average molecular weight is 243 g/mol. The van der Waals surface area contributed by atoms with E-state index in [2.05, 4.69) is 41.9 Å². The lowest BCUT2D eigenvalue weighted by molar-refractivity contribution is 0.411. The molecule has 1 rings (SSSR count). The lowest BCUT2D eigenvalue weighted by atomic mass is 9.99. The van der Waals surface area contributed by atoms with Gasteiger partial charge in [0.1, 0.15) is 5.75 Å². The van der Waals surface area contributed by atoms with Gasteiger partial charge in [0.15, 0.2) is 0 Å². The number of hydrogen-bond donors (Lipinski definition) is 0. The molecule has 72 valence electrons. The van der Waals surface area contributed by atoms with Gasteiger partial charge in [0.05, 0.1) is 11.6 Å². The first-order chi connectivity index (χ1) is 6.19. The zero-order valence-electron chi connectivity index (χ0n) is 8.30. The van der Waals surface area contributed by atoms with Gasteiger partial charge in [-0.25, -0.2) is 0 Å². The molecule has 1 aromatic rings. The van der Waals surface area contributed by atoms with Gasteiger partial charge in [0.2, 0.25) is 0 Å². The van der Waals surface area contributed by atoms with Crippen molar-refractivity contribution in [2.75, 3.05) is 7.11 Å². The lowest BCUT2D eigenvalue weighted by Gasteiger charge is -2.11. The first kappa shape index (κ1) is 10.6. The fraction of sp³-hybridized carbons (Fsp3) is 0.455. The molecule has 1 nitrogen and oxygen atoms in total. The normalized spacial score (nSPS) is 12.6. The van der Waals surface area contributed by atoms with Gasteiger partial charge in [-0.15, -0.1) is 0 Å². The van der Waals surface area contributed by atoms with Crippen LogP contribution in [0.25, 0.3) is 0 Å². The summed E-state index contributed by atoms with van der Waals surface area (Å²) >= 11 is 3.44. The fourth-order valence-corrected chi connectivity index (χ4v) is 1.63. The highest BCUT2D eigenvalue weighted by atomic mass is 79.9. The van der Waals surface area contributed by atoms with Gasteiger partial charge in [0, 0.05) is 0 Å². The van der Waals surface area contributed by atoms with Gasteiger partial charge in [-0.05, 0) is 46.0 Å². The van der Waals surface area contributed by atoms with Crippen molar-refractivity contribution in [2.45, 2.75) is 26.2 Å². The third-order valence-electron chi connectivity index (χ3n) is 2.36. The molecule has 0 spiro atoms. The topological polar surface area (TPSA) is 9.23 Å². The van der Waals surface area contributed by atoms with Gasteiger partial charge in [-0.3, -0.25) is 0 Å². The van der Waals surface area contributed by atoms with Crippen molar-refractivity contribution in [1.82, 2.24) is 0 Å². The molecule has 0 heterocycles. The summed E-state index contributed by atoms with van der Waals surface area (Å²) in [7, 11) is 1.69. The molecular weight excluding hydrogens is 228 g/mol. The van der Waals surface area contributed by atoms with E-state index in [1.54, 1.807) is 7.11 Å². The van der Waals surface area contributed by atoms with Crippen molar-refractivity contribution < 1.29 is 4.74 Å². The highest BCUT2D eigenvalue weighted by molar-refractivity contribution is 9.10. The Labute approximate surface area is 88.2 Å². The molecule has 0 saturated carbocycles. The Hall–Kier alpha value is -0.500. The third kappa shape index (κ3) is 2.47. The number of benzene rings is 1. The van der Waals surface area contributed by atoms with E-state index in [1.807, 2.05) is 6.07 Å². The molecule has 2 heteroatoms. The SMILES string of the molecule is CCC(C)c1ccc(Br)c(OC)c1. The van der Waals surface area contributed by atoms with Crippen LogP contribution in [0.1, 0.15) is 31.7 Å². The second-order valence-corrected chi connectivity index (χ2v) is 4.06. The van der Waals surface area contributed by atoms with Gasteiger partial charge >= 0.3 is 0 Å². The van der Waals surface area contributed by atoms with Gasteiger partial charge in [0.25, 0.3) is 0 Å². The molecular formula is C11H15BrO. The van der Waals surface area contributed by atoms with Crippen LogP contribution in [-0.2, 0) is 0 Å². The summed E-state index contributed by atoms with van der Waals surface area (Å²) < 4.78 is 6.25. The molecule has 13 heavy (non-hydrogen) atoms. The second kappa shape index (κ2) is 4.66. The quantitative estimate of drug-likeness (QED) is 0.780. The van der Waals surface area contributed by atoms with E-state index < -0.39 is 0 Å². The molecule has 0 aliphatic heterocycles. The van der Waals surface area contributed by atoms with E-state index in [0.29, 0.717) is 5.92 Å². The first-order valence-corrected chi connectivity index (χ1v) is 5.31. The smallest absolute Gasteiger partial charge is 0.133 e. The largest absolute Gasteiger partial charge is 0.496 e. The highest BCUT2D eigenvalue weighted by Crippen LogP contribution is 2.29. The van der Waals surface area contributed by atoms with E-state index in [4.69, 9.17) is 4.74 Å². The van der Waals surface area contributed by atoms with Crippen LogP contribution in [0.2, 0.25) is 0 Å². The summed E-state index contributed by atoms with van der Waals surface area (Å²) in [6.07, 6.45) is 1.16. The van der Waals surface area contributed by atoms with Crippen LogP contribution in [0.15, 0.2) is 22.7 Å². The van der Waals surface area contributed by atoms with E-state index in [0.717, 1.165) is 16.6 Å². The van der Waals surface area contributed by atoms with Crippen LogP contribution >= 0.6 is 15.9 Å². The van der Waals surface area contributed by atoms with Crippen LogP contribution in [-0.4, -0.2) is 7.11 Å². The molecule has 0 aromatic heterocycles. The first-order valence-electron chi connectivity index (χ1n) is 4.52. The summed E-state index contributed by atoms with van der Waals surface area (Å²) in [4.78, 5) is 0. The van der Waals surface area contributed by atoms with E-state index in [1.165, 1.54) is 5.56 Å². The van der Waals surface area contributed by atoms with E-state index in [9.17, 15) is 0 Å². The van der Waals surface area contributed by atoms with Gasteiger partial charge in [-0.2, -0.15) is 0 Å². The van der Waals surface area contributed by atoms with Crippen LogP contribution in [0.3, 0.4) is 0 Å². The Bertz CT molecular complexity index is 283. The zero-order chi connectivity index (χ0) is 9.84. The minimum atomic E-state index is 0.599. The molecule has 0 amide bonds. The number of halogens is 1. The van der Waals surface area contributed by atoms with Crippen molar-refractivity contribution in [3.8, 4) is 5.75 Å². The lowest BCUT2D eigenvalue weighted by Crippen LogP contribution is -1.93. The van der Waals surface area contributed by atoms with Crippen molar-refractivity contribution in [3.05, 3.63) is 28.2 Å². The summed E-state index contributed by atoms with van der Waals surface area (Å²) in [6, 6.07) is 6.28.